The van der Waals surface area contributed by atoms with Gasteiger partial charge < -0.3 is 9.64 Å². The minimum Gasteiger partial charge on any atom is -0.371 e. The molecule has 0 saturated carbocycles. The topological polar surface area (TPSA) is 63.5 Å². The molecule has 150 valence electrons. The fourth-order valence-corrected chi connectivity index (χ4v) is 4.22. The van der Waals surface area contributed by atoms with E-state index < -0.39 is 0 Å². The predicted octanol–water partition coefficient (Wildman–Crippen LogP) is 1.64. The molecule has 2 saturated heterocycles. The molecule has 1 amide bonds. The molecule has 28 heavy (non-hydrogen) atoms. The van der Waals surface area contributed by atoms with Crippen LogP contribution in [0.4, 0.5) is 0 Å². The van der Waals surface area contributed by atoms with Crippen molar-refractivity contribution >= 4 is 5.91 Å². The molecule has 7 heteroatoms. The highest BCUT2D eigenvalue weighted by molar-refractivity contribution is 5.76. The quantitative estimate of drug-likeness (QED) is 0.786. The lowest BCUT2D eigenvalue weighted by atomic mass is 9.89. The van der Waals surface area contributed by atoms with Crippen LogP contribution in [0.5, 0.6) is 0 Å². The third-order valence-corrected chi connectivity index (χ3v) is 6.03. The van der Waals surface area contributed by atoms with E-state index in [9.17, 15) is 4.79 Å². The van der Waals surface area contributed by atoms with E-state index >= 15 is 0 Å². The van der Waals surface area contributed by atoms with Gasteiger partial charge in [0, 0.05) is 64.8 Å². The Labute approximate surface area is 166 Å². The maximum absolute atomic E-state index is 12.7. The lowest BCUT2D eigenvalue weighted by Gasteiger charge is -2.47. The monoisotopic (exact) mass is 383 g/mol. The van der Waals surface area contributed by atoms with Crippen molar-refractivity contribution in [3.05, 3.63) is 48.0 Å². The van der Waals surface area contributed by atoms with E-state index in [0.717, 1.165) is 51.0 Å². The van der Waals surface area contributed by atoms with E-state index in [-0.39, 0.29) is 11.5 Å². The van der Waals surface area contributed by atoms with E-state index in [0.29, 0.717) is 19.6 Å². The maximum atomic E-state index is 12.7. The third-order valence-electron chi connectivity index (χ3n) is 6.03. The fourth-order valence-electron chi connectivity index (χ4n) is 4.22. The molecule has 0 radical (unpaired) electrons. The summed E-state index contributed by atoms with van der Waals surface area (Å²) in [5.41, 5.74) is 2.17. The Morgan fingerprint density at radius 2 is 2.07 bits per heavy atom. The molecule has 0 aromatic carbocycles. The van der Waals surface area contributed by atoms with E-state index in [1.165, 1.54) is 5.69 Å². The molecule has 0 N–H and O–H groups in total. The molecule has 0 bridgehead atoms. The van der Waals surface area contributed by atoms with Crippen LogP contribution in [-0.4, -0.2) is 68.9 Å². The molecule has 2 aromatic heterocycles. The first kappa shape index (κ1) is 19.1. The second kappa shape index (κ2) is 8.41. The van der Waals surface area contributed by atoms with Gasteiger partial charge in [-0.15, -0.1) is 0 Å². The highest BCUT2D eigenvalue weighted by atomic mass is 16.5. The molecule has 2 aliphatic rings. The van der Waals surface area contributed by atoms with Crippen LogP contribution in [0.1, 0.15) is 30.5 Å². The molecule has 4 rings (SSSR count). The average Bonchev–Trinajstić information content (AvgIpc) is 3.13. The molecule has 4 heterocycles. The van der Waals surface area contributed by atoms with Gasteiger partial charge in [-0.3, -0.25) is 19.4 Å². The normalized spacial score (nSPS) is 19.8. The third kappa shape index (κ3) is 4.42. The maximum Gasteiger partial charge on any atom is 0.223 e. The zero-order valence-corrected chi connectivity index (χ0v) is 16.6. The Kier molecular flexibility index (Phi) is 5.73. The number of ether oxygens (including phenoxy) is 1. The lowest BCUT2D eigenvalue weighted by Crippen LogP contribution is -2.58. The summed E-state index contributed by atoms with van der Waals surface area (Å²) in [5.74, 6) is 0.226. The number of morpholine rings is 1. The van der Waals surface area contributed by atoms with Crippen molar-refractivity contribution in [2.45, 2.75) is 37.8 Å². The largest absolute Gasteiger partial charge is 0.371 e. The van der Waals surface area contributed by atoms with Gasteiger partial charge in [-0.2, -0.15) is 5.10 Å². The fraction of sp³-hybridized carbons (Fsp3) is 0.571. The number of amides is 1. The van der Waals surface area contributed by atoms with Gasteiger partial charge in [-0.1, -0.05) is 6.07 Å². The summed E-state index contributed by atoms with van der Waals surface area (Å²) in [6.45, 7) is 4.96. The van der Waals surface area contributed by atoms with Gasteiger partial charge in [-0.05, 0) is 37.0 Å². The average molecular weight is 383 g/mol. The van der Waals surface area contributed by atoms with Gasteiger partial charge in [0.15, 0.2) is 0 Å². The Morgan fingerprint density at radius 1 is 1.21 bits per heavy atom. The number of hydrogen-bond acceptors (Lipinski definition) is 5. The van der Waals surface area contributed by atoms with E-state index in [4.69, 9.17) is 4.74 Å². The van der Waals surface area contributed by atoms with Crippen LogP contribution < -0.4 is 0 Å². The summed E-state index contributed by atoms with van der Waals surface area (Å²) >= 11 is 0. The number of rotatable bonds is 5. The minimum atomic E-state index is -0.175. The number of nitrogens with zero attached hydrogens (tertiary/aromatic N) is 5. The van der Waals surface area contributed by atoms with Crippen molar-refractivity contribution in [2.75, 3.05) is 32.8 Å². The number of carbonyl (C=O) groups excluding carboxylic acids is 1. The molecule has 0 atom stereocenters. The van der Waals surface area contributed by atoms with Crippen LogP contribution in [-0.2, 0) is 29.5 Å². The van der Waals surface area contributed by atoms with Crippen LogP contribution in [0.15, 0.2) is 36.8 Å². The van der Waals surface area contributed by atoms with Crippen molar-refractivity contribution < 1.29 is 9.53 Å². The molecule has 0 aliphatic carbocycles. The van der Waals surface area contributed by atoms with Crippen LogP contribution >= 0.6 is 0 Å². The van der Waals surface area contributed by atoms with Gasteiger partial charge >= 0.3 is 0 Å². The van der Waals surface area contributed by atoms with Crippen molar-refractivity contribution in [1.82, 2.24) is 24.6 Å². The SMILES string of the molecule is Cn1nccc1CN1CCC2(CC1)CN(C(=O)CCc1cccnc1)CCO2. The Bertz CT molecular complexity index is 783. The highest BCUT2D eigenvalue weighted by Gasteiger charge is 2.40. The highest BCUT2D eigenvalue weighted by Crippen LogP contribution is 2.31. The summed E-state index contributed by atoms with van der Waals surface area (Å²) in [5, 5.41) is 4.25. The number of piperidine rings is 1. The second-order valence-electron chi connectivity index (χ2n) is 7.93. The molecule has 7 nitrogen and oxygen atoms in total. The van der Waals surface area contributed by atoms with Crippen molar-refractivity contribution in [3.8, 4) is 0 Å². The Balaban J connectivity index is 1.28. The number of likely N-dealkylation sites (tertiary alicyclic amines) is 1. The number of aryl methyl sites for hydroxylation is 2. The smallest absolute Gasteiger partial charge is 0.223 e. The molecule has 0 unspecified atom stereocenters. The van der Waals surface area contributed by atoms with Gasteiger partial charge in [0.1, 0.15) is 0 Å². The molecular formula is C21H29N5O2. The zero-order chi connectivity index (χ0) is 19.4. The van der Waals surface area contributed by atoms with Crippen molar-refractivity contribution in [1.29, 1.82) is 0 Å². The summed E-state index contributed by atoms with van der Waals surface area (Å²) in [6, 6.07) is 6.02. The first-order valence-electron chi connectivity index (χ1n) is 10.1. The zero-order valence-electron chi connectivity index (χ0n) is 16.6. The first-order chi connectivity index (χ1) is 13.6. The summed E-state index contributed by atoms with van der Waals surface area (Å²) in [7, 11) is 1.99. The summed E-state index contributed by atoms with van der Waals surface area (Å²) < 4.78 is 8.14. The number of hydrogen-bond donors (Lipinski definition) is 0. The number of carbonyl (C=O) groups is 1. The molecule has 1 spiro atoms. The lowest BCUT2D eigenvalue weighted by molar-refractivity contribution is -0.159. The molecule has 2 fully saturated rings. The van der Waals surface area contributed by atoms with Gasteiger partial charge in [0.05, 0.1) is 17.9 Å². The Morgan fingerprint density at radius 3 is 2.79 bits per heavy atom. The first-order valence-corrected chi connectivity index (χ1v) is 10.1. The summed E-state index contributed by atoms with van der Waals surface area (Å²) in [4.78, 5) is 21.3. The van der Waals surface area contributed by atoms with Gasteiger partial charge in [0.25, 0.3) is 0 Å². The van der Waals surface area contributed by atoms with E-state index in [1.54, 1.807) is 6.20 Å². The van der Waals surface area contributed by atoms with Crippen molar-refractivity contribution in [3.63, 3.8) is 0 Å². The summed E-state index contributed by atoms with van der Waals surface area (Å²) in [6.07, 6.45) is 8.67. The Hall–Kier alpha value is -2.25. The number of aromatic nitrogens is 3. The van der Waals surface area contributed by atoms with E-state index in [2.05, 4.69) is 21.0 Å². The molecule has 2 aromatic rings. The van der Waals surface area contributed by atoms with Crippen LogP contribution in [0.3, 0.4) is 0 Å². The van der Waals surface area contributed by atoms with Crippen LogP contribution in [0, 0.1) is 0 Å². The van der Waals surface area contributed by atoms with Crippen LogP contribution in [0.25, 0.3) is 0 Å². The van der Waals surface area contributed by atoms with Gasteiger partial charge in [-0.25, -0.2) is 0 Å². The minimum absolute atomic E-state index is 0.175. The van der Waals surface area contributed by atoms with E-state index in [1.807, 2.05) is 41.2 Å². The standard InChI is InChI=1S/C21H29N5O2/c1-24-19(6-10-23-24)16-25-11-7-21(8-12-25)17-26(13-14-28-21)20(27)5-4-18-3-2-9-22-15-18/h2-3,6,9-10,15H,4-5,7-8,11-14,16-17H2,1H3. The predicted molar refractivity (Wildman–Crippen MR) is 106 cm³/mol. The molecular weight excluding hydrogens is 354 g/mol. The van der Waals surface area contributed by atoms with Crippen molar-refractivity contribution in [2.24, 2.45) is 7.05 Å². The number of pyridine rings is 1. The molecule has 2 aliphatic heterocycles. The van der Waals surface area contributed by atoms with Crippen LogP contribution in [0.2, 0.25) is 0 Å². The van der Waals surface area contributed by atoms with Gasteiger partial charge in [0.2, 0.25) is 5.91 Å². The second-order valence-corrected chi connectivity index (χ2v) is 7.93.